The fourth-order valence-corrected chi connectivity index (χ4v) is 3.16. The van der Waals surface area contributed by atoms with Gasteiger partial charge < -0.3 is 15.1 Å². The van der Waals surface area contributed by atoms with E-state index in [0.29, 0.717) is 18.0 Å². The highest BCUT2D eigenvalue weighted by molar-refractivity contribution is 5.92. The van der Waals surface area contributed by atoms with Gasteiger partial charge in [0.2, 0.25) is 5.91 Å². The van der Waals surface area contributed by atoms with Crippen LogP contribution in [0.15, 0.2) is 22.6 Å². The molecule has 0 radical (unpaired) electrons. The molecule has 2 unspecified atom stereocenters. The first-order valence-electron chi connectivity index (χ1n) is 8.31. The highest BCUT2D eigenvalue weighted by Gasteiger charge is 2.37. The second kappa shape index (κ2) is 8.26. The van der Waals surface area contributed by atoms with Crippen LogP contribution in [-0.4, -0.2) is 24.0 Å². The molecule has 2 aromatic rings. The van der Waals surface area contributed by atoms with Crippen LogP contribution in [0, 0.1) is 11.8 Å². The highest BCUT2D eigenvalue weighted by Crippen LogP contribution is 2.32. The van der Waals surface area contributed by atoms with Crippen LogP contribution in [0.1, 0.15) is 32.1 Å². The molecule has 26 heavy (non-hydrogen) atoms. The van der Waals surface area contributed by atoms with Gasteiger partial charge in [0.1, 0.15) is 5.52 Å². The average molecular weight is 392 g/mol. The Morgan fingerprint density at radius 3 is 2.88 bits per heavy atom. The molecular formula is C17H21ClF3N3O2. The van der Waals surface area contributed by atoms with E-state index in [-0.39, 0.29) is 35.3 Å². The normalized spacial score (nSPS) is 19.0. The molecule has 0 spiro atoms. The third-order valence-electron chi connectivity index (χ3n) is 4.56. The molecule has 9 heteroatoms. The molecule has 2 atom stereocenters. The first kappa shape index (κ1) is 20.5. The molecule has 0 bridgehead atoms. The summed E-state index contributed by atoms with van der Waals surface area (Å²) in [6.45, 7) is 3.99. The molecule has 3 rings (SSSR count). The van der Waals surface area contributed by atoms with Gasteiger partial charge in [-0.15, -0.1) is 12.4 Å². The van der Waals surface area contributed by atoms with Crippen LogP contribution in [0.4, 0.5) is 18.9 Å². The summed E-state index contributed by atoms with van der Waals surface area (Å²) >= 11 is 0. The maximum atomic E-state index is 12.6. The number of carbonyl (C=O) groups excluding carboxylic acids is 1. The largest absolute Gasteiger partial charge is 0.468 e. The molecule has 1 saturated heterocycles. The summed E-state index contributed by atoms with van der Waals surface area (Å²) in [5, 5.41) is 6.06. The minimum absolute atomic E-state index is 0. The quantitative estimate of drug-likeness (QED) is 0.818. The van der Waals surface area contributed by atoms with Gasteiger partial charge in [-0.1, -0.05) is 6.92 Å². The van der Waals surface area contributed by atoms with Gasteiger partial charge >= 0.3 is 12.1 Å². The van der Waals surface area contributed by atoms with E-state index in [1.807, 2.05) is 6.92 Å². The molecule has 1 aromatic carbocycles. The third-order valence-corrected chi connectivity index (χ3v) is 4.56. The number of benzene rings is 1. The van der Waals surface area contributed by atoms with E-state index in [0.717, 1.165) is 25.9 Å². The van der Waals surface area contributed by atoms with E-state index in [9.17, 15) is 18.0 Å². The summed E-state index contributed by atoms with van der Waals surface area (Å²) < 4.78 is 42.6. The Hall–Kier alpha value is -1.80. The summed E-state index contributed by atoms with van der Waals surface area (Å²) in [7, 11) is 0. The Morgan fingerprint density at radius 1 is 1.46 bits per heavy atom. The number of fused-ring (bicyclic) bond motifs is 1. The van der Waals surface area contributed by atoms with Crippen molar-refractivity contribution >= 4 is 35.1 Å². The first-order valence-corrected chi connectivity index (χ1v) is 8.31. The summed E-state index contributed by atoms with van der Waals surface area (Å²) in [5.74, 6) is -0.742. The highest BCUT2D eigenvalue weighted by atomic mass is 35.5. The van der Waals surface area contributed by atoms with Gasteiger partial charge in [0, 0.05) is 12.1 Å². The van der Waals surface area contributed by atoms with Gasteiger partial charge in [-0.2, -0.15) is 13.2 Å². The van der Waals surface area contributed by atoms with E-state index < -0.39 is 12.1 Å². The molecule has 144 valence electrons. The van der Waals surface area contributed by atoms with E-state index in [1.54, 1.807) is 0 Å². The molecule has 1 aromatic heterocycles. The molecule has 0 aliphatic carbocycles. The Morgan fingerprint density at radius 2 is 2.23 bits per heavy atom. The topological polar surface area (TPSA) is 67.2 Å². The molecule has 2 heterocycles. The lowest BCUT2D eigenvalue weighted by molar-refractivity contribution is -0.156. The Kier molecular flexibility index (Phi) is 6.52. The number of nitrogens with zero attached hydrogens (tertiary/aromatic N) is 1. The number of rotatable bonds is 4. The van der Waals surface area contributed by atoms with Crippen LogP contribution in [0.5, 0.6) is 0 Å². The Labute approximate surface area is 155 Å². The fraction of sp³-hybridized carbons (Fsp3) is 0.529. The van der Waals surface area contributed by atoms with Crippen molar-refractivity contribution in [1.82, 2.24) is 10.3 Å². The van der Waals surface area contributed by atoms with E-state index in [4.69, 9.17) is 0 Å². The number of nitrogens with one attached hydrogen (secondary N) is 2. The summed E-state index contributed by atoms with van der Waals surface area (Å²) in [5.41, 5.74) is 0.509. The number of alkyl halides is 3. The molecule has 1 aliphatic rings. The van der Waals surface area contributed by atoms with E-state index in [2.05, 4.69) is 20.0 Å². The number of aromatic nitrogens is 1. The number of carbonyl (C=O) groups is 1. The summed E-state index contributed by atoms with van der Waals surface area (Å²) in [6, 6.07) is 4.28. The van der Waals surface area contributed by atoms with Crippen LogP contribution >= 0.6 is 12.4 Å². The molecule has 2 N–H and O–H groups in total. The van der Waals surface area contributed by atoms with Gasteiger partial charge in [-0.05, 0) is 56.0 Å². The lowest BCUT2D eigenvalue weighted by Crippen LogP contribution is -2.34. The summed E-state index contributed by atoms with van der Waals surface area (Å²) in [4.78, 5) is 15.6. The lowest BCUT2D eigenvalue weighted by Gasteiger charge is -2.28. The van der Waals surface area contributed by atoms with Crippen LogP contribution < -0.4 is 10.6 Å². The van der Waals surface area contributed by atoms with Crippen LogP contribution in [0.2, 0.25) is 0 Å². The number of hydrogen-bond acceptors (Lipinski definition) is 4. The van der Waals surface area contributed by atoms with Crippen molar-refractivity contribution < 1.29 is 22.4 Å². The number of anilines is 1. The standard InChI is InChI=1S/C17H20F3N3O2.ClH/c1-10(11-3-2-6-21-9-11)7-15(24)22-12-4-5-14-13(8-12)23-16(25-14)17(18,19)20;/h4-5,8,10-11,21H,2-3,6-7,9H2,1H3,(H,22,24);1H. The maximum absolute atomic E-state index is 12.6. The van der Waals surface area contributed by atoms with Crippen LogP contribution in [-0.2, 0) is 11.0 Å². The lowest BCUT2D eigenvalue weighted by atomic mass is 9.85. The monoisotopic (exact) mass is 391 g/mol. The first-order chi connectivity index (χ1) is 11.8. The van der Waals surface area contributed by atoms with Crippen LogP contribution in [0.25, 0.3) is 11.1 Å². The predicted octanol–water partition coefficient (Wildman–Crippen LogP) is 4.23. The molecule has 0 saturated carbocycles. The van der Waals surface area contributed by atoms with Crippen molar-refractivity contribution in [2.45, 2.75) is 32.4 Å². The molecule has 1 fully saturated rings. The van der Waals surface area contributed by atoms with Gasteiger partial charge in [0.15, 0.2) is 5.58 Å². The second-order valence-corrected chi connectivity index (χ2v) is 6.54. The number of amides is 1. The van der Waals surface area contributed by atoms with Gasteiger partial charge in [-0.25, -0.2) is 4.98 Å². The minimum Gasteiger partial charge on any atom is -0.433 e. The second-order valence-electron chi connectivity index (χ2n) is 6.54. The van der Waals surface area contributed by atoms with Crippen molar-refractivity contribution in [2.24, 2.45) is 11.8 Å². The maximum Gasteiger partial charge on any atom is 0.468 e. The zero-order valence-electron chi connectivity index (χ0n) is 14.2. The molecule has 1 aliphatic heterocycles. The SMILES string of the molecule is CC(CC(=O)Nc1ccc2oc(C(F)(F)F)nc2c1)C1CCCNC1.Cl. The molecular weight excluding hydrogens is 371 g/mol. The third kappa shape index (κ3) is 4.88. The van der Waals surface area contributed by atoms with Crippen molar-refractivity contribution in [1.29, 1.82) is 0 Å². The molecule has 5 nitrogen and oxygen atoms in total. The van der Waals surface area contributed by atoms with Crippen molar-refractivity contribution in [3.8, 4) is 0 Å². The fourth-order valence-electron chi connectivity index (χ4n) is 3.16. The van der Waals surface area contributed by atoms with Crippen molar-refractivity contribution in [3.05, 3.63) is 24.1 Å². The van der Waals surface area contributed by atoms with Gasteiger partial charge in [-0.3, -0.25) is 4.79 Å². The number of hydrogen-bond donors (Lipinski definition) is 2. The molecule has 1 amide bonds. The number of oxazole rings is 1. The van der Waals surface area contributed by atoms with Crippen molar-refractivity contribution in [3.63, 3.8) is 0 Å². The average Bonchev–Trinajstić information content (AvgIpc) is 2.99. The van der Waals surface area contributed by atoms with Gasteiger partial charge in [0.25, 0.3) is 0 Å². The van der Waals surface area contributed by atoms with E-state index in [1.165, 1.54) is 18.2 Å². The zero-order valence-corrected chi connectivity index (χ0v) is 15.0. The predicted molar refractivity (Wildman–Crippen MR) is 94.3 cm³/mol. The Bertz CT molecular complexity index is 757. The Balaban J connectivity index is 0.00000243. The zero-order chi connectivity index (χ0) is 18.0. The minimum atomic E-state index is -4.63. The van der Waals surface area contributed by atoms with Crippen molar-refractivity contribution in [2.75, 3.05) is 18.4 Å². The smallest absolute Gasteiger partial charge is 0.433 e. The number of halogens is 4. The van der Waals surface area contributed by atoms with E-state index >= 15 is 0 Å². The number of piperidine rings is 1. The van der Waals surface area contributed by atoms with Crippen LogP contribution in [0.3, 0.4) is 0 Å². The van der Waals surface area contributed by atoms with Gasteiger partial charge in [0.05, 0.1) is 0 Å². The summed E-state index contributed by atoms with van der Waals surface area (Å²) in [6.07, 6.45) is -2.05.